The van der Waals surface area contributed by atoms with Crippen molar-refractivity contribution in [3.8, 4) is 0 Å². The second-order valence-electron chi connectivity index (χ2n) is 2.15. The second kappa shape index (κ2) is 2.37. The molecule has 2 N–H and O–H groups in total. The highest BCUT2D eigenvalue weighted by Gasteiger charge is 2.25. The van der Waals surface area contributed by atoms with Crippen molar-refractivity contribution in [1.29, 1.82) is 0 Å². The van der Waals surface area contributed by atoms with E-state index in [2.05, 4.69) is 6.58 Å². The first kappa shape index (κ1) is 6.58. The largest absolute Gasteiger partial charge is 0.400 e. The Hall–Kier alpha value is -0.540. The fourth-order valence-corrected chi connectivity index (χ4v) is 0.851. The Labute approximate surface area is 54.4 Å². The predicted octanol–water partition coefficient (Wildman–Crippen LogP) is 0.220. The van der Waals surface area contributed by atoms with Crippen molar-refractivity contribution in [2.45, 2.75) is 19.1 Å². The van der Waals surface area contributed by atoms with Crippen LogP contribution < -0.4 is 5.73 Å². The Morgan fingerprint density at radius 2 is 2.33 bits per heavy atom. The molecule has 3 nitrogen and oxygen atoms in total. The van der Waals surface area contributed by atoms with Crippen LogP contribution in [0.1, 0.15) is 6.92 Å². The molecule has 0 saturated carbocycles. The van der Waals surface area contributed by atoms with Gasteiger partial charge in [0.15, 0.2) is 0 Å². The van der Waals surface area contributed by atoms with Crippen molar-refractivity contribution in [2.75, 3.05) is 6.79 Å². The van der Waals surface area contributed by atoms with Crippen molar-refractivity contribution in [3.05, 3.63) is 12.3 Å². The van der Waals surface area contributed by atoms with Crippen molar-refractivity contribution in [2.24, 2.45) is 5.73 Å². The zero-order chi connectivity index (χ0) is 6.85. The molecular formula is C6H11NO2. The highest BCUT2D eigenvalue weighted by atomic mass is 16.7. The molecule has 0 radical (unpaired) electrons. The molecule has 0 aliphatic carbocycles. The molecule has 9 heavy (non-hydrogen) atoms. The molecule has 0 amide bonds. The maximum Gasteiger partial charge on any atom is 0.148 e. The average Bonchev–Trinajstić information content (AvgIpc) is 2.13. The van der Waals surface area contributed by atoms with Gasteiger partial charge >= 0.3 is 0 Å². The quantitative estimate of drug-likeness (QED) is 0.550. The molecule has 3 heteroatoms. The molecule has 1 rings (SSSR count). The summed E-state index contributed by atoms with van der Waals surface area (Å²) in [5.74, 6) is 0. The van der Waals surface area contributed by atoms with Crippen LogP contribution in [-0.2, 0) is 9.47 Å². The Bertz CT molecular complexity index is 124. The summed E-state index contributed by atoms with van der Waals surface area (Å²) in [5, 5.41) is 0. The minimum Gasteiger partial charge on any atom is -0.400 e. The number of rotatable bonds is 1. The molecule has 2 unspecified atom stereocenters. The Kier molecular flexibility index (Phi) is 1.73. The Morgan fingerprint density at radius 1 is 1.67 bits per heavy atom. The molecule has 1 heterocycles. The lowest BCUT2D eigenvalue weighted by atomic mass is 10.2. The van der Waals surface area contributed by atoms with E-state index >= 15 is 0 Å². The number of hydrogen-bond acceptors (Lipinski definition) is 3. The van der Waals surface area contributed by atoms with E-state index in [4.69, 9.17) is 15.2 Å². The number of nitrogens with two attached hydrogens (primary N) is 1. The molecular weight excluding hydrogens is 118 g/mol. The van der Waals surface area contributed by atoms with Crippen LogP contribution in [0.5, 0.6) is 0 Å². The molecule has 0 aromatic heterocycles. The van der Waals surface area contributed by atoms with Crippen molar-refractivity contribution in [1.82, 2.24) is 0 Å². The smallest absolute Gasteiger partial charge is 0.148 e. The van der Waals surface area contributed by atoms with E-state index in [0.29, 0.717) is 12.5 Å². The van der Waals surface area contributed by atoms with Gasteiger partial charge in [-0.2, -0.15) is 0 Å². The van der Waals surface area contributed by atoms with E-state index in [1.807, 2.05) is 6.92 Å². The molecule has 2 atom stereocenters. The molecule has 1 saturated heterocycles. The van der Waals surface area contributed by atoms with Gasteiger partial charge in [-0.15, -0.1) is 0 Å². The van der Waals surface area contributed by atoms with Gasteiger partial charge in [-0.25, -0.2) is 0 Å². The van der Waals surface area contributed by atoms with Crippen molar-refractivity contribution >= 4 is 0 Å². The monoisotopic (exact) mass is 129 g/mol. The normalized spacial score (nSPS) is 34.8. The summed E-state index contributed by atoms with van der Waals surface area (Å²) in [7, 11) is 0. The maximum absolute atomic E-state index is 5.39. The highest BCUT2D eigenvalue weighted by Crippen LogP contribution is 2.14. The van der Waals surface area contributed by atoms with E-state index in [-0.39, 0.29) is 12.2 Å². The van der Waals surface area contributed by atoms with Crippen LogP contribution in [-0.4, -0.2) is 19.0 Å². The van der Waals surface area contributed by atoms with Crippen LogP contribution >= 0.6 is 0 Å². The molecule has 1 fully saturated rings. The van der Waals surface area contributed by atoms with Crippen molar-refractivity contribution in [3.63, 3.8) is 0 Å². The first-order valence-corrected chi connectivity index (χ1v) is 2.89. The fourth-order valence-electron chi connectivity index (χ4n) is 0.851. The van der Waals surface area contributed by atoms with Gasteiger partial charge in [0, 0.05) is 5.70 Å². The fraction of sp³-hybridized carbons (Fsp3) is 0.667. The summed E-state index contributed by atoms with van der Waals surface area (Å²) < 4.78 is 10.1. The second-order valence-corrected chi connectivity index (χ2v) is 2.15. The molecule has 0 aromatic rings. The molecule has 1 aliphatic heterocycles. The SMILES string of the molecule is C=C(N)C1OCOC1C. The lowest BCUT2D eigenvalue weighted by Gasteiger charge is -2.10. The van der Waals surface area contributed by atoms with E-state index < -0.39 is 0 Å². The van der Waals surface area contributed by atoms with Crippen molar-refractivity contribution < 1.29 is 9.47 Å². The van der Waals surface area contributed by atoms with Gasteiger partial charge in [0.1, 0.15) is 12.9 Å². The van der Waals surface area contributed by atoms with Gasteiger partial charge in [-0.3, -0.25) is 0 Å². The summed E-state index contributed by atoms with van der Waals surface area (Å²) in [4.78, 5) is 0. The van der Waals surface area contributed by atoms with Crippen LogP contribution in [0, 0.1) is 0 Å². The van der Waals surface area contributed by atoms with Gasteiger partial charge in [0.25, 0.3) is 0 Å². The van der Waals surface area contributed by atoms with Crippen LogP contribution in [0.3, 0.4) is 0 Å². The molecule has 52 valence electrons. The standard InChI is InChI=1S/C6H11NO2/c1-4(7)6-5(2)8-3-9-6/h5-6H,1,3,7H2,2H3. The highest BCUT2D eigenvalue weighted by molar-refractivity contribution is 5.00. The molecule has 0 aromatic carbocycles. The zero-order valence-corrected chi connectivity index (χ0v) is 5.46. The van der Waals surface area contributed by atoms with E-state index in [9.17, 15) is 0 Å². The van der Waals surface area contributed by atoms with Gasteiger partial charge in [0.2, 0.25) is 0 Å². The van der Waals surface area contributed by atoms with Crippen LogP contribution in [0.15, 0.2) is 12.3 Å². The third kappa shape index (κ3) is 1.23. The summed E-state index contributed by atoms with van der Waals surface area (Å²) >= 11 is 0. The van der Waals surface area contributed by atoms with Crippen LogP contribution in [0.2, 0.25) is 0 Å². The first-order valence-electron chi connectivity index (χ1n) is 2.89. The Balaban J connectivity index is 2.49. The summed E-state index contributed by atoms with van der Waals surface area (Å²) in [6.07, 6.45) is -0.0486. The summed E-state index contributed by atoms with van der Waals surface area (Å²) in [6, 6.07) is 0. The third-order valence-corrected chi connectivity index (χ3v) is 1.37. The van der Waals surface area contributed by atoms with Gasteiger partial charge in [0.05, 0.1) is 6.10 Å². The van der Waals surface area contributed by atoms with E-state index in [0.717, 1.165) is 0 Å². The molecule has 0 bridgehead atoms. The van der Waals surface area contributed by atoms with Gasteiger partial charge < -0.3 is 15.2 Å². The molecule has 1 aliphatic rings. The lowest BCUT2D eigenvalue weighted by molar-refractivity contribution is 0.0450. The van der Waals surface area contributed by atoms with Gasteiger partial charge in [-0.1, -0.05) is 6.58 Å². The van der Waals surface area contributed by atoms with Crippen LogP contribution in [0.25, 0.3) is 0 Å². The van der Waals surface area contributed by atoms with E-state index in [1.165, 1.54) is 0 Å². The number of ether oxygens (including phenoxy) is 2. The number of hydrogen-bond donors (Lipinski definition) is 1. The first-order chi connectivity index (χ1) is 4.22. The Morgan fingerprint density at radius 3 is 2.56 bits per heavy atom. The summed E-state index contributed by atoms with van der Waals surface area (Å²) in [6.45, 7) is 5.81. The zero-order valence-electron chi connectivity index (χ0n) is 5.46. The van der Waals surface area contributed by atoms with Gasteiger partial charge in [-0.05, 0) is 6.92 Å². The summed E-state index contributed by atoms with van der Waals surface area (Å²) in [5.41, 5.74) is 5.93. The topological polar surface area (TPSA) is 44.5 Å². The van der Waals surface area contributed by atoms with Crippen LogP contribution in [0.4, 0.5) is 0 Å². The minimum absolute atomic E-state index is 0.0579. The maximum atomic E-state index is 5.39. The molecule has 0 spiro atoms. The average molecular weight is 129 g/mol. The lowest BCUT2D eigenvalue weighted by Crippen LogP contribution is -2.25. The third-order valence-electron chi connectivity index (χ3n) is 1.37. The minimum atomic E-state index is -0.106. The van der Waals surface area contributed by atoms with E-state index in [1.54, 1.807) is 0 Å². The predicted molar refractivity (Wildman–Crippen MR) is 33.6 cm³/mol.